The summed E-state index contributed by atoms with van der Waals surface area (Å²) in [6, 6.07) is 10.8. The van der Waals surface area contributed by atoms with E-state index in [1.807, 2.05) is 16.7 Å². The number of phenols is 1. The largest absolute Gasteiger partial charge is 0.506 e. The van der Waals surface area contributed by atoms with Crippen LogP contribution in [0.2, 0.25) is 0 Å². The number of anilines is 7. The number of hydrogen-bond acceptors (Lipinski definition) is 13. The van der Waals surface area contributed by atoms with Crippen molar-refractivity contribution in [2.75, 3.05) is 57.0 Å². The lowest BCUT2D eigenvalue weighted by molar-refractivity contribution is -0.118. The maximum atomic E-state index is 12.9. The highest BCUT2D eigenvalue weighted by Crippen LogP contribution is 2.37. The Labute approximate surface area is 302 Å². The van der Waals surface area contributed by atoms with E-state index in [1.54, 1.807) is 35.2 Å². The van der Waals surface area contributed by atoms with Crippen molar-refractivity contribution in [1.29, 1.82) is 0 Å². The van der Waals surface area contributed by atoms with E-state index >= 15 is 0 Å². The first-order valence-electron chi connectivity index (χ1n) is 17.7. The van der Waals surface area contributed by atoms with Crippen molar-refractivity contribution in [3.8, 4) is 5.75 Å². The van der Waals surface area contributed by atoms with Crippen LogP contribution in [0.1, 0.15) is 58.8 Å². The molecule has 2 aromatic carbocycles. The summed E-state index contributed by atoms with van der Waals surface area (Å²) in [6.07, 6.45) is 5.89. The van der Waals surface area contributed by atoms with E-state index in [-0.39, 0.29) is 47.5 Å². The Morgan fingerprint density at radius 1 is 0.843 bits per heavy atom. The zero-order chi connectivity index (χ0) is 36.7. The van der Waals surface area contributed by atoms with E-state index in [4.69, 9.17) is 27.9 Å². The highest BCUT2D eigenvalue weighted by Gasteiger charge is 2.29. The molecule has 2 saturated heterocycles. The number of nitrogens with one attached hydrogen (secondary N) is 1. The summed E-state index contributed by atoms with van der Waals surface area (Å²) in [4.78, 5) is 32.5. The van der Waals surface area contributed by atoms with Crippen molar-refractivity contribution < 1.29 is 18.7 Å². The van der Waals surface area contributed by atoms with Crippen molar-refractivity contribution in [3.05, 3.63) is 42.5 Å². The van der Waals surface area contributed by atoms with Gasteiger partial charge in [0.2, 0.25) is 23.8 Å². The molecule has 5 unspecified atom stereocenters. The molecule has 11 N–H and O–H groups in total. The first-order valence-corrected chi connectivity index (χ1v) is 18.7. The Morgan fingerprint density at radius 3 is 1.88 bits per heavy atom. The van der Waals surface area contributed by atoms with Crippen molar-refractivity contribution in [3.63, 3.8) is 0 Å². The lowest BCUT2D eigenvalue weighted by Gasteiger charge is -2.37. The Hall–Kier alpha value is -4.13. The fourth-order valence-electron chi connectivity index (χ4n) is 6.70. The zero-order valence-electron chi connectivity index (χ0n) is 29.4. The minimum atomic E-state index is -2.53. The van der Waals surface area contributed by atoms with Gasteiger partial charge in [0.25, 0.3) is 11.3 Å². The van der Waals surface area contributed by atoms with Crippen LogP contribution in [0.5, 0.6) is 5.75 Å². The minimum absolute atomic E-state index is 0.0354. The summed E-state index contributed by atoms with van der Waals surface area (Å²) >= 11 is -2.53. The fourth-order valence-corrected chi connectivity index (χ4v) is 7.33. The van der Waals surface area contributed by atoms with Gasteiger partial charge in [-0.25, -0.2) is 8.51 Å². The van der Waals surface area contributed by atoms with Gasteiger partial charge >= 0.3 is 0 Å². The molecule has 17 heteroatoms. The molecule has 3 aromatic rings. The molecular formula is C34H52N12O4S. The van der Waals surface area contributed by atoms with E-state index in [0.29, 0.717) is 80.9 Å². The van der Waals surface area contributed by atoms with E-state index in [1.165, 1.54) is 12.1 Å². The van der Waals surface area contributed by atoms with Crippen LogP contribution in [0.4, 0.5) is 40.6 Å². The predicted octanol–water partition coefficient (Wildman–Crippen LogP) is 2.65. The van der Waals surface area contributed by atoms with Crippen molar-refractivity contribution in [2.45, 2.75) is 83.0 Å². The number of rotatable bonds is 14. The van der Waals surface area contributed by atoms with Crippen LogP contribution in [0.25, 0.3) is 0 Å². The van der Waals surface area contributed by atoms with Crippen LogP contribution in [-0.4, -0.2) is 91.6 Å². The lowest BCUT2D eigenvalue weighted by atomic mass is 10.0. The average molecular weight is 725 g/mol. The van der Waals surface area contributed by atoms with Gasteiger partial charge in [-0.05, 0) is 62.6 Å². The molecule has 3 heterocycles. The molecule has 0 spiro atoms. The van der Waals surface area contributed by atoms with Crippen LogP contribution in [0.3, 0.4) is 0 Å². The van der Waals surface area contributed by atoms with Gasteiger partial charge in [-0.15, -0.1) is 0 Å². The van der Waals surface area contributed by atoms with E-state index < -0.39 is 11.3 Å². The third-order valence-corrected chi connectivity index (χ3v) is 9.79. The van der Waals surface area contributed by atoms with Crippen LogP contribution >= 0.6 is 0 Å². The second-order valence-electron chi connectivity index (χ2n) is 13.4. The number of aromatic hydroxyl groups is 1. The smallest absolute Gasteiger partial charge is 0.266 e. The summed E-state index contributed by atoms with van der Waals surface area (Å²) in [5.41, 5.74) is 26.7. The van der Waals surface area contributed by atoms with Gasteiger partial charge in [0.05, 0.1) is 11.4 Å². The zero-order valence-corrected chi connectivity index (χ0v) is 30.2. The quantitative estimate of drug-likeness (QED) is 0.0934. The van der Waals surface area contributed by atoms with Gasteiger partial charge in [-0.2, -0.15) is 15.0 Å². The maximum Gasteiger partial charge on any atom is 0.266 e. The van der Waals surface area contributed by atoms with Gasteiger partial charge in [-0.1, -0.05) is 26.2 Å². The van der Waals surface area contributed by atoms with Crippen molar-refractivity contribution in [2.24, 2.45) is 22.9 Å². The lowest BCUT2D eigenvalue weighted by Crippen LogP contribution is -2.54. The predicted molar refractivity (Wildman–Crippen MR) is 203 cm³/mol. The highest BCUT2D eigenvalue weighted by molar-refractivity contribution is 7.81. The van der Waals surface area contributed by atoms with Crippen LogP contribution in [0, 0.1) is 0 Å². The molecular weight excluding hydrogens is 673 g/mol. The number of phenolic OH excluding ortho intramolecular Hbond substituents is 1. The number of benzene rings is 2. The molecule has 2 aliphatic rings. The molecule has 0 aliphatic carbocycles. The minimum Gasteiger partial charge on any atom is -0.506 e. The molecule has 0 saturated carbocycles. The number of nitrogens with two attached hydrogens (primary N) is 4. The first kappa shape index (κ1) is 38.1. The molecule has 0 radical (unpaired) electrons. The Kier molecular flexibility index (Phi) is 13.0. The molecule has 51 heavy (non-hydrogen) atoms. The SMILES string of the molecule is CCCCCCC(=O)N(CC)c1ccc(N(c2ccc(Nc3nc(N4CC(N)CC(N)C4)nc(N4CC(N)CC(N)C4)n3)cc2O)S(=O)O)cc1. The molecule has 0 bridgehead atoms. The number of amides is 1. The van der Waals surface area contributed by atoms with Crippen molar-refractivity contribution in [1.82, 2.24) is 15.0 Å². The molecule has 2 fully saturated rings. The summed E-state index contributed by atoms with van der Waals surface area (Å²) in [5.74, 6) is 0.771. The average Bonchev–Trinajstić information content (AvgIpc) is 3.07. The summed E-state index contributed by atoms with van der Waals surface area (Å²) in [6.45, 7) is 6.62. The Morgan fingerprint density at radius 2 is 1.39 bits per heavy atom. The first-order chi connectivity index (χ1) is 24.4. The second-order valence-corrected chi connectivity index (χ2v) is 14.2. The van der Waals surface area contributed by atoms with Gasteiger partial charge in [0.1, 0.15) is 5.75 Å². The molecule has 1 aromatic heterocycles. The standard InChI is InChI=1S/C34H52N12O4S/c1-3-5-6-7-8-31(48)45(4-2)27-10-12-28(13-11-27)46(51(49)50)29-14-9-26(17-30(29)47)39-32-40-33(43-18-22(35)15-23(36)19-43)42-34(41-32)44-20-24(37)16-25(38)21-44/h9-14,17,22-25,47H,3-8,15-16,18-21,35-38H2,1-2H3,(H,49,50)(H,39,40,41,42). The molecule has 5 rings (SSSR count). The summed E-state index contributed by atoms with van der Waals surface area (Å²) in [5, 5.41) is 14.3. The van der Waals surface area contributed by atoms with Gasteiger partial charge in [0, 0.05) is 80.8 Å². The van der Waals surface area contributed by atoms with Crippen LogP contribution in [-0.2, 0) is 16.1 Å². The monoisotopic (exact) mass is 724 g/mol. The Balaban J connectivity index is 1.38. The van der Waals surface area contributed by atoms with Crippen LogP contribution in [0.15, 0.2) is 42.5 Å². The third-order valence-electron chi connectivity index (χ3n) is 9.07. The fraction of sp³-hybridized carbons (Fsp3) is 0.529. The summed E-state index contributed by atoms with van der Waals surface area (Å²) < 4.78 is 24.0. The van der Waals surface area contributed by atoms with Crippen LogP contribution < -0.4 is 47.3 Å². The maximum absolute atomic E-state index is 12.9. The topological polar surface area (TPSA) is 242 Å². The second kappa shape index (κ2) is 17.4. The van der Waals surface area contributed by atoms with E-state index in [9.17, 15) is 18.7 Å². The number of unbranched alkanes of at least 4 members (excludes halogenated alkanes) is 3. The third kappa shape index (κ3) is 9.81. The van der Waals surface area contributed by atoms with Gasteiger partial charge in [-0.3, -0.25) is 9.35 Å². The van der Waals surface area contributed by atoms with E-state index in [2.05, 4.69) is 22.2 Å². The number of carbonyl (C=O) groups is 1. The number of nitrogens with zero attached hydrogens (tertiary/aromatic N) is 7. The van der Waals surface area contributed by atoms with Gasteiger partial charge < -0.3 is 48.1 Å². The number of aromatic nitrogens is 3. The van der Waals surface area contributed by atoms with Gasteiger partial charge in [0.15, 0.2) is 0 Å². The molecule has 5 atom stereocenters. The summed E-state index contributed by atoms with van der Waals surface area (Å²) in [7, 11) is 0. The molecule has 16 nitrogen and oxygen atoms in total. The highest BCUT2D eigenvalue weighted by atomic mass is 32.2. The number of hydrogen-bond donors (Lipinski definition) is 7. The molecule has 2 aliphatic heterocycles. The van der Waals surface area contributed by atoms with Crippen molar-refractivity contribution >= 4 is 57.8 Å². The Bertz CT molecular complexity index is 1590. The molecule has 278 valence electrons. The molecule has 1 amide bonds. The normalized spacial score (nSPS) is 21.3. The van der Waals surface area contributed by atoms with E-state index in [0.717, 1.165) is 30.0 Å². The number of carbonyl (C=O) groups excluding carboxylic acids is 1. The number of piperidine rings is 2.